The van der Waals surface area contributed by atoms with Crippen LogP contribution >= 0.6 is 11.3 Å². The van der Waals surface area contributed by atoms with Crippen LogP contribution in [0.4, 0.5) is 17.1 Å². The van der Waals surface area contributed by atoms with Gasteiger partial charge in [-0.05, 0) is 112 Å². The largest absolute Gasteiger partial charge is 0.309 e. The molecule has 0 unspecified atom stereocenters. The van der Waals surface area contributed by atoms with Crippen LogP contribution in [0.2, 0.25) is 0 Å². The van der Waals surface area contributed by atoms with Crippen LogP contribution in [0.3, 0.4) is 0 Å². The molecule has 9 aromatic carbocycles. The summed E-state index contributed by atoms with van der Waals surface area (Å²) in [6.07, 6.45) is 0. The molecule has 0 amide bonds. The smallest absolute Gasteiger partial charge is 0.0555 e. The van der Waals surface area contributed by atoms with E-state index in [0.717, 1.165) is 5.69 Å². The standard InChI is InChI=1S/C57H40N2S/c1-57(2)47-21-11-9-20-44(47)55-48(57)22-13-24-51(55)59(42-31-27-38(28-32-42)37-15-5-3-6-16-37)52-25-14-26-54-56(52)46-36-40(30-34-53(46)60-54)39-29-33-50-45(35-39)43-19-10-12-23-49(43)58(50)41-17-7-4-8-18-41/h3-36H,1-2H3. The fourth-order valence-electron chi connectivity index (χ4n) is 9.94. The summed E-state index contributed by atoms with van der Waals surface area (Å²) >= 11 is 1.88. The molecule has 0 saturated carbocycles. The molecule has 3 heteroatoms. The van der Waals surface area contributed by atoms with Crippen LogP contribution < -0.4 is 4.90 Å². The number of hydrogen-bond donors (Lipinski definition) is 0. The Morgan fingerprint density at radius 2 is 1.05 bits per heavy atom. The van der Waals surface area contributed by atoms with E-state index in [9.17, 15) is 0 Å². The molecular weight excluding hydrogens is 745 g/mol. The zero-order chi connectivity index (χ0) is 40.0. The Hall–Kier alpha value is -7.20. The molecule has 284 valence electrons. The molecule has 0 N–H and O–H groups in total. The van der Waals surface area contributed by atoms with Gasteiger partial charge in [-0.3, -0.25) is 0 Å². The Balaban J connectivity index is 1.07. The number of anilines is 3. The third-order valence-corrected chi connectivity index (χ3v) is 13.9. The first kappa shape index (κ1) is 34.8. The Bertz CT molecular complexity index is 3450. The van der Waals surface area contributed by atoms with Crippen molar-refractivity contribution < 1.29 is 0 Å². The minimum atomic E-state index is -0.116. The number of nitrogens with zero attached hydrogens (tertiary/aromatic N) is 2. The number of para-hydroxylation sites is 2. The first-order valence-electron chi connectivity index (χ1n) is 20.8. The third-order valence-electron chi connectivity index (χ3n) is 12.8. The van der Waals surface area contributed by atoms with Crippen LogP contribution in [-0.2, 0) is 5.41 Å². The highest BCUT2D eigenvalue weighted by Gasteiger charge is 2.38. The lowest BCUT2D eigenvalue weighted by molar-refractivity contribution is 0.660. The first-order chi connectivity index (χ1) is 29.5. The van der Waals surface area contributed by atoms with Gasteiger partial charge in [-0.2, -0.15) is 0 Å². The minimum Gasteiger partial charge on any atom is -0.309 e. The van der Waals surface area contributed by atoms with Gasteiger partial charge in [-0.15, -0.1) is 11.3 Å². The molecular formula is C57H40N2S. The highest BCUT2D eigenvalue weighted by molar-refractivity contribution is 7.26. The second-order valence-electron chi connectivity index (χ2n) is 16.5. The van der Waals surface area contributed by atoms with Gasteiger partial charge < -0.3 is 9.47 Å². The van der Waals surface area contributed by atoms with Gasteiger partial charge in [0.05, 0.1) is 22.4 Å². The summed E-state index contributed by atoms with van der Waals surface area (Å²) in [6.45, 7) is 4.73. The van der Waals surface area contributed by atoms with Crippen molar-refractivity contribution >= 4 is 70.4 Å². The van der Waals surface area contributed by atoms with Crippen LogP contribution in [0.1, 0.15) is 25.0 Å². The number of hydrogen-bond acceptors (Lipinski definition) is 2. The van der Waals surface area contributed by atoms with E-state index < -0.39 is 0 Å². The lowest BCUT2D eigenvalue weighted by Crippen LogP contribution is -2.16. The average molecular weight is 785 g/mol. The lowest BCUT2D eigenvalue weighted by atomic mass is 9.82. The van der Waals surface area contributed by atoms with Crippen molar-refractivity contribution in [1.29, 1.82) is 0 Å². The molecule has 0 aliphatic heterocycles. The summed E-state index contributed by atoms with van der Waals surface area (Å²) in [5, 5.41) is 5.07. The summed E-state index contributed by atoms with van der Waals surface area (Å²) in [7, 11) is 0. The van der Waals surface area contributed by atoms with Gasteiger partial charge in [-0.1, -0.05) is 147 Å². The Morgan fingerprint density at radius 3 is 1.88 bits per heavy atom. The van der Waals surface area contributed by atoms with Gasteiger partial charge in [-0.25, -0.2) is 0 Å². The second kappa shape index (κ2) is 13.4. The van der Waals surface area contributed by atoms with Crippen molar-refractivity contribution in [3.63, 3.8) is 0 Å². The van der Waals surface area contributed by atoms with E-state index in [2.05, 4.69) is 230 Å². The summed E-state index contributed by atoms with van der Waals surface area (Å²) in [5.74, 6) is 0. The van der Waals surface area contributed by atoms with E-state index in [1.807, 2.05) is 11.3 Å². The van der Waals surface area contributed by atoms with Gasteiger partial charge in [0.25, 0.3) is 0 Å². The van der Waals surface area contributed by atoms with Gasteiger partial charge in [0.15, 0.2) is 0 Å². The minimum absolute atomic E-state index is 0.116. The van der Waals surface area contributed by atoms with Crippen molar-refractivity contribution in [2.75, 3.05) is 4.90 Å². The Labute approximate surface area is 353 Å². The van der Waals surface area contributed by atoms with E-state index in [0.29, 0.717) is 0 Å². The van der Waals surface area contributed by atoms with E-state index >= 15 is 0 Å². The highest BCUT2D eigenvalue weighted by Crippen LogP contribution is 2.55. The molecule has 0 spiro atoms. The quantitative estimate of drug-likeness (QED) is 0.163. The molecule has 2 heterocycles. The molecule has 1 aliphatic carbocycles. The van der Waals surface area contributed by atoms with Gasteiger partial charge in [0.2, 0.25) is 0 Å². The Kier molecular flexibility index (Phi) is 7.79. The third kappa shape index (κ3) is 5.26. The van der Waals surface area contributed by atoms with Gasteiger partial charge in [0, 0.05) is 53.3 Å². The monoisotopic (exact) mass is 784 g/mol. The lowest BCUT2D eigenvalue weighted by Gasteiger charge is -2.29. The maximum Gasteiger partial charge on any atom is 0.0555 e. The molecule has 1 aliphatic rings. The van der Waals surface area contributed by atoms with Crippen molar-refractivity contribution in [2.24, 2.45) is 0 Å². The maximum atomic E-state index is 2.53. The molecule has 0 atom stereocenters. The molecule has 2 nitrogen and oxygen atoms in total. The highest BCUT2D eigenvalue weighted by atomic mass is 32.1. The zero-order valence-electron chi connectivity index (χ0n) is 33.4. The summed E-state index contributed by atoms with van der Waals surface area (Å²) in [4.78, 5) is 2.53. The van der Waals surface area contributed by atoms with E-state index in [1.165, 1.54) is 104 Å². The average Bonchev–Trinajstić information content (AvgIpc) is 3.93. The second-order valence-corrected chi connectivity index (χ2v) is 17.6. The molecule has 12 rings (SSSR count). The predicted octanol–water partition coefficient (Wildman–Crippen LogP) is 16.3. The molecule has 11 aromatic rings. The number of benzene rings is 9. The fourth-order valence-corrected chi connectivity index (χ4v) is 11.1. The number of aromatic nitrogens is 1. The molecule has 0 radical (unpaired) electrons. The number of fused-ring (bicyclic) bond motifs is 9. The normalized spacial score (nSPS) is 13.0. The van der Waals surface area contributed by atoms with Crippen LogP contribution in [0.25, 0.3) is 81.0 Å². The van der Waals surface area contributed by atoms with E-state index in [4.69, 9.17) is 0 Å². The summed E-state index contributed by atoms with van der Waals surface area (Å²) < 4.78 is 4.95. The van der Waals surface area contributed by atoms with Crippen molar-refractivity contribution in [1.82, 2.24) is 4.57 Å². The fraction of sp³-hybridized carbons (Fsp3) is 0.0526. The maximum absolute atomic E-state index is 2.53. The molecule has 0 saturated heterocycles. The first-order valence-corrected chi connectivity index (χ1v) is 21.6. The van der Waals surface area contributed by atoms with Crippen LogP contribution in [0.15, 0.2) is 206 Å². The Morgan fingerprint density at radius 1 is 0.433 bits per heavy atom. The van der Waals surface area contributed by atoms with E-state index in [1.54, 1.807) is 0 Å². The van der Waals surface area contributed by atoms with Crippen molar-refractivity contribution in [3.8, 4) is 39.1 Å². The summed E-state index contributed by atoms with van der Waals surface area (Å²) in [5.41, 5.74) is 17.2. The molecule has 0 bridgehead atoms. The number of thiophene rings is 1. The van der Waals surface area contributed by atoms with E-state index in [-0.39, 0.29) is 5.41 Å². The van der Waals surface area contributed by atoms with Crippen molar-refractivity contribution in [2.45, 2.75) is 19.3 Å². The van der Waals surface area contributed by atoms with Crippen molar-refractivity contribution in [3.05, 3.63) is 217 Å². The molecule has 60 heavy (non-hydrogen) atoms. The SMILES string of the molecule is CC1(C)c2ccccc2-c2c(N(c3ccc(-c4ccccc4)cc3)c3cccc4sc5ccc(-c6ccc7c(c6)c6ccccc6n7-c6ccccc6)cc5c34)cccc21. The van der Waals surface area contributed by atoms with Gasteiger partial charge >= 0.3 is 0 Å². The number of rotatable bonds is 6. The van der Waals surface area contributed by atoms with Crippen LogP contribution in [-0.4, -0.2) is 4.57 Å². The molecule has 2 aromatic heterocycles. The zero-order valence-corrected chi connectivity index (χ0v) is 34.2. The summed E-state index contributed by atoms with van der Waals surface area (Å²) in [6, 6.07) is 76.1. The topological polar surface area (TPSA) is 8.17 Å². The predicted molar refractivity (Wildman–Crippen MR) is 257 cm³/mol. The van der Waals surface area contributed by atoms with Crippen LogP contribution in [0.5, 0.6) is 0 Å². The van der Waals surface area contributed by atoms with Gasteiger partial charge in [0.1, 0.15) is 0 Å². The van der Waals surface area contributed by atoms with Crippen LogP contribution in [0, 0.1) is 0 Å². The molecule has 0 fully saturated rings.